The van der Waals surface area contributed by atoms with E-state index in [4.69, 9.17) is 14.9 Å². The van der Waals surface area contributed by atoms with Gasteiger partial charge in [0.1, 0.15) is 18.1 Å². The first-order valence-corrected chi connectivity index (χ1v) is 6.07. The summed E-state index contributed by atoms with van der Waals surface area (Å²) in [5.41, 5.74) is 1.30. The highest BCUT2D eigenvalue weighted by atomic mass is 16.5. The minimum absolute atomic E-state index is 0.105. The largest absolute Gasteiger partial charge is 0.508 e. The maximum absolute atomic E-state index is 11.6. The van der Waals surface area contributed by atoms with Crippen LogP contribution in [-0.2, 0) is 4.74 Å². The molecular weight excluding hydrogens is 256 g/mol. The van der Waals surface area contributed by atoms with Crippen LogP contribution >= 0.6 is 0 Å². The molecule has 4 nitrogen and oxygen atoms in total. The third-order valence-corrected chi connectivity index (χ3v) is 2.62. The summed E-state index contributed by atoms with van der Waals surface area (Å²) >= 11 is 0. The SMILES string of the molecule is O=C(OC/C=C\c1ccc(O)cc1)c1ccc(O)cc1. The van der Waals surface area contributed by atoms with E-state index in [0.717, 1.165) is 5.56 Å². The average Bonchev–Trinajstić information content (AvgIpc) is 2.46. The van der Waals surface area contributed by atoms with Gasteiger partial charge in [-0.2, -0.15) is 0 Å². The molecule has 2 aromatic carbocycles. The Morgan fingerprint density at radius 3 is 2.10 bits per heavy atom. The quantitative estimate of drug-likeness (QED) is 0.838. The van der Waals surface area contributed by atoms with E-state index in [1.165, 1.54) is 24.3 Å². The first kappa shape index (κ1) is 13.7. The first-order valence-electron chi connectivity index (χ1n) is 6.07. The van der Waals surface area contributed by atoms with Gasteiger partial charge >= 0.3 is 5.97 Å². The average molecular weight is 270 g/mol. The Bertz CT molecular complexity index is 597. The molecule has 2 rings (SSSR count). The second-order valence-electron chi connectivity index (χ2n) is 4.14. The van der Waals surface area contributed by atoms with Crippen molar-refractivity contribution < 1.29 is 19.7 Å². The molecule has 2 aromatic rings. The highest BCUT2D eigenvalue weighted by Gasteiger charge is 2.05. The fourth-order valence-electron chi connectivity index (χ4n) is 1.57. The lowest BCUT2D eigenvalue weighted by Gasteiger charge is -2.02. The van der Waals surface area contributed by atoms with Gasteiger partial charge in [-0.05, 0) is 48.0 Å². The predicted molar refractivity (Wildman–Crippen MR) is 75.5 cm³/mol. The van der Waals surface area contributed by atoms with Gasteiger partial charge in [-0.1, -0.05) is 18.2 Å². The Morgan fingerprint density at radius 1 is 0.950 bits per heavy atom. The van der Waals surface area contributed by atoms with Crippen LogP contribution in [0.5, 0.6) is 11.5 Å². The molecule has 0 heterocycles. The molecule has 102 valence electrons. The van der Waals surface area contributed by atoms with Crippen molar-refractivity contribution in [1.82, 2.24) is 0 Å². The molecule has 0 aliphatic heterocycles. The van der Waals surface area contributed by atoms with Crippen molar-refractivity contribution in [3.8, 4) is 11.5 Å². The van der Waals surface area contributed by atoms with Crippen LogP contribution in [0.2, 0.25) is 0 Å². The van der Waals surface area contributed by atoms with Gasteiger partial charge in [0.05, 0.1) is 5.56 Å². The summed E-state index contributed by atoms with van der Waals surface area (Å²) in [4.78, 5) is 11.6. The van der Waals surface area contributed by atoms with E-state index < -0.39 is 5.97 Å². The Hall–Kier alpha value is -2.75. The molecule has 0 unspecified atom stereocenters. The van der Waals surface area contributed by atoms with Crippen molar-refractivity contribution >= 4 is 12.0 Å². The number of benzene rings is 2. The second kappa shape index (κ2) is 6.43. The zero-order valence-corrected chi connectivity index (χ0v) is 10.7. The fraction of sp³-hybridized carbons (Fsp3) is 0.0625. The smallest absolute Gasteiger partial charge is 0.338 e. The summed E-state index contributed by atoms with van der Waals surface area (Å²) in [6, 6.07) is 12.6. The van der Waals surface area contributed by atoms with Crippen LogP contribution in [0, 0.1) is 0 Å². The number of phenolic OH excluding ortho intramolecular Hbond substituents is 2. The van der Waals surface area contributed by atoms with Crippen molar-refractivity contribution in [1.29, 1.82) is 0 Å². The first-order chi connectivity index (χ1) is 9.65. The van der Waals surface area contributed by atoms with Crippen LogP contribution in [-0.4, -0.2) is 22.8 Å². The third kappa shape index (κ3) is 3.88. The summed E-state index contributed by atoms with van der Waals surface area (Å²) in [7, 11) is 0. The van der Waals surface area contributed by atoms with E-state index >= 15 is 0 Å². The summed E-state index contributed by atoms with van der Waals surface area (Å²) in [5, 5.41) is 18.3. The maximum Gasteiger partial charge on any atom is 0.338 e. The molecule has 20 heavy (non-hydrogen) atoms. The van der Waals surface area contributed by atoms with Gasteiger partial charge < -0.3 is 14.9 Å². The summed E-state index contributed by atoms with van der Waals surface area (Å²) < 4.78 is 5.06. The summed E-state index contributed by atoms with van der Waals surface area (Å²) in [6.45, 7) is 0.153. The van der Waals surface area contributed by atoms with Crippen LogP contribution < -0.4 is 0 Å². The Balaban J connectivity index is 1.85. The summed E-state index contributed by atoms with van der Waals surface area (Å²) in [5.74, 6) is -0.130. The van der Waals surface area contributed by atoms with E-state index in [1.807, 2.05) is 0 Å². The van der Waals surface area contributed by atoms with E-state index in [0.29, 0.717) is 5.56 Å². The molecule has 0 saturated heterocycles. The molecule has 0 atom stereocenters. The van der Waals surface area contributed by atoms with Crippen LogP contribution in [0.25, 0.3) is 6.08 Å². The molecule has 0 aliphatic rings. The van der Waals surface area contributed by atoms with Gasteiger partial charge in [-0.3, -0.25) is 0 Å². The van der Waals surface area contributed by atoms with Crippen molar-refractivity contribution in [2.45, 2.75) is 0 Å². The molecular formula is C16H14O4. The molecule has 0 radical (unpaired) electrons. The van der Waals surface area contributed by atoms with E-state index in [-0.39, 0.29) is 18.1 Å². The molecule has 0 aliphatic carbocycles. The number of ether oxygens (including phenoxy) is 1. The van der Waals surface area contributed by atoms with Crippen LogP contribution in [0.15, 0.2) is 54.6 Å². The van der Waals surface area contributed by atoms with Crippen molar-refractivity contribution in [2.75, 3.05) is 6.61 Å². The number of hydrogen-bond donors (Lipinski definition) is 2. The molecule has 0 bridgehead atoms. The molecule has 0 fully saturated rings. The highest BCUT2D eigenvalue weighted by Crippen LogP contribution is 2.12. The van der Waals surface area contributed by atoms with E-state index in [1.54, 1.807) is 36.4 Å². The molecule has 0 aromatic heterocycles. The number of aromatic hydroxyl groups is 2. The predicted octanol–water partition coefficient (Wildman–Crippen LogP) is 2.97. The minimum atomic E-state index is -0.444. The Morgan fingerprint density at radius 2 is 1.50 bits per heavy atom. The number of phenols is 2. The maximum atomic E-state index is 11.6. The van der Waals surface area contributed by atoms with Crippen LogP contribution in [0.3, 0.4) is 0 Å². The molecule has 0 saturated carbocycles. The number of esters is 1. The number of rotatable bonds is 4. The topological polar surface area (TPSA) is 66.8 Å². The Kier molecular flexibility index (Phi) is 4.39. The van der Waals surface area contributed by atoms with Crippen molar-refractivity contribution in [3.63, 3.8) is 0 Å². The number of carbonyl (C=O) groups excluding carboxylic acids is 1. The lowest BCUT2D eigenvalue weighted by Crippen LogP contribution is -2.04. The highest BCUT2D eigenvalue weighted by molar-refractivity contribution is 5.89. The van der Waals surface area contributed by atoms with Crippen LogP contribution in [0.4, 0.5) is 0 Å². The standard InChI is InChI=1S/C16H14O4/c17-14-7-3-12(4-8-14)2-1-11-20-16(19)13-5-9-15(18)10-6-13/h1-10,17-18H,11H2/b2-1-. The second-order valence-corrected chi connectivity index (χ2v) is 4.14. The monoisotopic (exact) mass is 270 g/mol. The fourth-order valence-corrected chi connectivity index (χ4v) is 1.57. The molecule has 2 N–H and O–H groups in total. The molecule has 0 amide bonds. The number of carbonyl (C=O) groups is 1. The van der Waals surface area contributed by atoms with Gasteiger partial charge in [-0.15, -0.1) is 0 Å². The number of hydrogen-bond acceptors (Lipinski definition) is 4. The lowest BCUT2D eigenvalue weighted by molar-refractivity contribution is 0.0550. The van der Waals surface area contributed by atoms with Gasteiger partial charge in [0, 0.05) is 0 Å². The Labute approximate surface area is 116 Å². The zero-order chi connectivity index (χ0) is 14.4. The molecule has 0 spiro atoms. The zero-order valence-electron chi connectivity index (χ0n) is 10.7. The van der Waals surface area contributed by atoms with Gasteiger partial charge in [0.25, 0.3) is 0 Å². The normalized spacial score (nSPS) is 10.6. The van der Waals surface area contributed by atoms with Crippen molar-refractivity contribution in [3.05, 3.63) is 65.7 Å². The molecule has 4 heteroatoms. The van der Waals surface area contributed by atoms with Gasteiger partial charge in [-0.25, -0.2) is 4.79 Å². The van der Waals surface area contributed by atoms with Gasteiger partial charge in [0.15, 0.2) is 0 Å². The third-order valence-electron chi connectivity index (χ3n) is 2.62. The minimum Gasteiger partial charge on any atom is -0.508 e. The van der Waals surface area contributed by atoms with Crippen molar-refractivity contribution in [2.24, 2.45) is 0 Å². The van der Waals surface area contributed by atoms with E-state index in [9.17, 15) is 4.79 Å². The lowest BCUT2D eigenvalue weighted by atomic mass is 10.2. The summed E-state index contributed by atoms with van der Waals surface area (Å²) in [6.07, 6.45) is 3.51. The van der Waals surface area contributed by atoms with Gasteiger partial charge in [0.2, 0.25) is 0 Å². The van der Waals surface area contributed by atoms with E-state index in [2.05, 4.69) is 0 Å². The van der Waals surface area contributed by atoms with Crippen LogP contribution in [0.1, 0.15) is 15.9 Å².